The fourth-order valence-electron chi connectivity index (χ4n) is 1.58. The van der Waals surface area contributed by atoms with Crippen LogP contribution in [-0.2, 0) is 12.8 Å². The molecule has 0 aromatic heterocycles. The smallest absolute Gasteiger partial charge is 0.336 e. The summed E-state index contributed by atoms with van der Waals surface area (Å²) in [6.07, 6.45) is 1.23. The molecule has 0 radical (unpaired) electrons. The van der Waals surface area contributed by atoms with E-state index in [1.807, 2.05) is 13.8 Å². The minimum atomic E-state index is -0.918. The maximum Gasteiger partial charge on any atom is 0.336 e. The highest BCUT2D eigenvalue weighted by Crippen LogP contribution is 2.23. The molecule has 0 saturated heterocycles. The second-order valence-electron chi connectivity index (χ2n) is 3.15. The van der Waals surface area contributed by atoms with Crippen LogP contribution in [0.25, 0.3) is 0 Å². The first-order valence-corrected chi connectivity index (χ1v) is 4.68. The summed E-state index contributed by atoms with van der Waals surface area (Å²) in [5, 5.41) is 18.4. The van der Waals surface area contributed by atoms with Gasteiger partial charge in [0.15, 0.2) is 0 Å². The quantitative estimate of drug-likeness (QED) is 0.775. The number of hydrogen-bond acceptors (Lipinski definition) is 2. The number of phenols is 1. The molecule has 1 aromatic carbocycles. The predicted octanol–water partition coefficient (Wildman–Crippen LogP) is 2.22. The standard InChI is InChI=1S/C11H14O3/c1-3-7-5-9(12)6-8(4-2)10(7)11(13)14/h5-6,12H,3-4H2,1-2H3,(H,13,14). The molecule has 0 aliphatic rings. The number of hydrogen-bond donors (Lipinski definition) is 2. The number of aromatic hydroxyl groups is 1. The number of carboxylic acids is 1. The van der Waals surface area contributed by atoms with Crippen molar-refractivity contribution in [3.05, 3.63) is 28.8 Å². The van der Waals surface area contributed by atoms with Crippen molar-refractivity contribution in [3.8, 4) is 5.75 Å². The Balaban J connectivity index is 3.40. The van der Waals surface area contributed by atoms with Gasteiger partial charge in [-0.1, -0.05) is 13.8 Å². The summed E-state index contributed by atoms with van der Waals surface area (Å²) in [7, 11) is 0. The lowest BCUT2D eigenvalue weighted by atomic mass is 9.97. The van der Waals surface area contributed by atoms with Gasteiger partial charge in [-0.25, -0.2) is 4.79 Å². The van der Waals surface area contributed by atoms with Crippen LogP contribution in [-0.4, -0.2) is 16.2 Å². The highest BCUT2D eigenvalue weighted by molar-refractivity contribution is 5.91. The van der Waals surface area contributed by atoms with Crippen LogP contribution in [0.1, 0.15) is 35.3 Å². The molecule has 0 amide bonds. The topological polar surface area (TPSA) is 57.5 Å². The Bertz CT molecular complexity index is 331. The molecule has 1 rings (SSSR count). The van der Waals surface area contributed by atoms with Gasteiger partial charge in [0.05, 0.1) is 5.56 Å². The number of aryl methyl sites for hydroxylation is 2. The third-order valence-corrected chi connectivity index (χ3v) is 2.26. The van der Waals surface area contributed by atoms with Gasteiger partial charge in [-0.05, 0) is 36.1 Å². The second-order valence-corrected chi connectivity index (χ2v) is 3.15. The summed E-state index contributed by atoms with van der Waals surface area (Å²) in [6.45, 7) is 3.75. The van der Waals surface area contributed by atoms with Gasteiger partial charge in [-0.15, -0.1) is 0 Å². The lowest BCUT2D eigenvalue weighted by Gasteiger charge is -2.09. The van der Waals surface area contributed by atoms with E-state index in [0.717, 1.165) is 0 Å². The molecule has 3 nitrogen and oxygen atoms in total. The summed E-state index contributed by atoms with van der Waals surface area (Å²) in [6, 6.07) is 3.03. The van der Waals surface area contributed by atoms with Crippen LogP contribution in [0, 0.1) is 0 Å². The minimum absolute atomic E-state index is 0.142. The van der Waals surface area contributed by atoms with Gasteiger partial charge in [0, 0.05) is 0 Å². The van der Waals surface area contributed by atoms with Gasteiger partial charge in [0.25, 0.3) is 0 Å². The average molecular weight is 194 g/mol. The van der Waals surface area contributed by atoms with Crippen LogP contribution in [0.5, 0.6) is 5.75 Å². The van der Waals surface area contributed by atoms with Crippen molar-refractivity contribution in [3.63, 3.8) is 0 Å². The van der Waals surface area contributed by atoms with E-state index in [-0.39, 0.29) is 5.75 Å². The second kappa shape index (κ2) is 4.13. The molecule has 0 saturated carbocycles. The lowest BCUT2D eigenvalue weighted by Crippen LogP contribution is -2.06. The number of rotatable bonds is 3. The van der Waals surface area contributed by atoms with Crippen molar-refractivity contribution in [2.75, 3.05) is 0 Å². The Labute approximate surface area is 83.0 Å². The van der Waals surface area contributed by atoms with Gasteiger partial charge in [-0.3, -0.25) is 0 Å². The first kappa shape index (κ1) is 10.6. The molecule has 0 spiro atoms. The largest absolute Gasteiger partial charge is 0.508 e. The zero-order chi connectivity index (χ0) is 10.7. The molecule has 0 aliphatic carbocycles. The lowest BCUT2D eigenvalue weighted by molar-refractivity contribution is 0.0694. The third kappa shape index (κ3) is 1.87. The highest BCUT2D eigenvalue weighted by Gasteiger charge is 2.14. The molecule has 3 heteroatoms. The van der Waals surface area contributed by atoms with Crippen molar-refractivity contribution in [2.45, 2.75) is 26.7 Å². The number of benzene rings is 1. The van der Waals surface area contributed by atoms with Crippen LogP contribution in [0.3, 0.4) is 0 Å². The van der Waals surface area contributed by atoms with E-state index in [4.69, 9.17) is 5.11 Å². The molecule has 0 fully saturated rings. The Morgan fingerprint density at radius 1 is 1.21 bits per heavy atom. The fourth-order valence-corrected chi connectivity index (χ4v) is 1.58. The van der Waals surface area contributed by atoms with E-state index in [0.29, 0.717) is 29.5 Å². The number of aromatic carboxylic acids is 1. The molecule has 0 bridgehead atoms. The average Bonchev–Trinajstić information content (AvgIpc) is 2.15. The first-order chi connectivity index (χ1) is 6.60. The SMILES string of the molecule is CCc1cc(O)cc(CC)c1C(=O)O. The minimum Gasteiger partial charge on any atom is -0.508 e. The Kier molecular flexibility index (Phi) is 3.12. The highest BCUT2D eigenvalue weighted by atomic mass is 16.4. The third-order valence-electron chi connectivity index (χ3n) is 2.26. The molecule has 76 valence electrons. The van der Waals surface area contributed by atoms with E-state index in [9.17, 15) is 9.90 Å². The monoisotopic (exact) mass is 194 g/mol. The van der Waals surface area contributed by atoms with Crippen molar-refractivity contribution < 1.29 is 15.0 Å². The summed E-state index contributed by atoms with van der Waals surface area (Å²) in [5.41, 5.74) is 1.72. The van der Waals surface area contributed by atoms with E-state index in [1.165, 1.54) is 12.1 Å². The van der Waals surface area contributed by atoms with E-state index in [1.54, 1.807) is 0 Å². The van der Waals surface area contributed by atoms with Crippen molar-refractivity contribution in [2.24, 2.45) is 0 Å². The summed E-state index contributed by atoms with van der Waals surface area (Å²) >= 11 is 0. The first-order valence-electron chi connectivity index (χ1n) is 4.68. The Morgan fingerprint density at radius 2 is 1.64 bits per heavy atom. The van der Waals surface area contributed by atoms with Crippen LogP contribution >= 0.6 is 0 Å². The number of carboxylic acid groups (broad SMARTS) is 1. The van der Waals surface area contributed by atoms with Gasteiger partial charge >= 0.3 is 5.97 Å². The summed E-state index contributed by atoms with van der Waals surface area (Å²) in [5.74, 6) is -0.776. The Hall–Kier alpha value is -1.51. The van der Waals surface area contributed by atoms with Crippen molar-refractivity contribution in [1.82, 2.24) is 0 Å². The fraction of sp³-hybridized carbons (Fsp3) is 0.364. The Morgan fingerprint density at radius 3 is 1.93 bits per heavy atom. The van der Waals surface area contributed by atoms with Crippen LogP contribution < -0.4 is 0 Å². The maximum absolute atomic E-state index is 11.0. The van der Waals surface area contributed by atoms with Gasteiger partial charge < -0.3 is 10.2 Å². The van der Waals surface area contributed by atoms with E-state index in [2.05, 4.69) is 0 Å². The molecule has 0 atom stereocenters. The summed E-state index contributed by atoms with van der Waals surface area (Å²) in [4.78, 5) is 11.0. The van der Waals surface area contributed by atoms with Gasteiger partial charge in [0.1, 0.15) is 5.75 Å². The number of carbonyl (C=O) groups is 1. The van der Waals surface area contributed by atoms with Crippen molar-refractivity contribution >= 4 is 5.97 Å². The zero-order valence-corrected chi connectivity index (χ0v) is 8.37. The molecule has 0 aliphatic heterocycles. The zero-order valence-electron chi connectivity index (χ0n) is 8.37. The molecular formula is C11H14O3. The van der Waals surface area contributed by atoms with E-state index >= 15 is 0 Å². The van der Waals surface area contributed by atoms with Gasteiger partial charge in [0.2, 0.25) is 0 Å². The van der Waals surface area contributed by atoms with Gasteiger partial charge in [-0.2, -0.15) is 0 Å². The summed E-state index contributed by atoms with van der Waals surface area (Å²) < 4.78 is 0. The van der Waals surface area contributed by atoms with E-state index < -0.39 is 5.97 Å². The van der Waals surface area contributed by atoms with Crippen LogP contribution in [0.4, 0.5) is 0 Å². The molecule has 1 aromatic rings. The van der Waals surface area contributed by atoms with Crippen LogP contribution in [0.15, 0.2) is 12.1 Å². The molecular weight excluding hydrogens is 180 g/mol. The van der Waals surface area contributed by atoms with Crippen LogP contribution in [0.2, 0.25) is 0 Å². The molecule has 0 unspecified atom stereocenters. The molecule has 0 heterocycles. The maximum atomic E-state index is 11.0. The predicted molar refractivity (Wildman–Crippen MR) is 53.8 cm³/mol. The van der Waals surface area contributed by atoms with Crippen molar-refractivity contribution in [1.29, 1.82) is 0 Å². The number of phenolic OH excluding ortho intramolecular Hbond substituents is 1. The normalized spacial score (nSPS) is 10.1. The molecule has 14 heavy (non-hydrogen) atoms. The molecule has 2 N–H and O–H groups in total.